The molecule has 2 N–H and O–H groups in total. The van der Waals surface area contributed by atoms with Crippen LogP contribution in [-0.2, 0) is 24.4 Å². The van der Waals surface area contributed by atoms with Crippen molar-refractivity contribution in [2.75, 3.05) is 19.0 Å². The SMILES string of the molecule is COc1ccc(OCc2nc(C)c(CCO)c(=O)n2CC(=O)Nc2cccc(F)c2)cc1. The van der Waals surface area contributed by atoms with E-state index in [0.717, 1.165) is 0 Å². The summed E-state index contributed by atoms with van der Waals surface area (Å²) in [6.07, 6.45) is 0.114. The molecule has 1 amide bonds. The summed E-state index contributed by atoms with van der Waals surface area (Å²) in [4.78, 5) is 30.0. The smallest absolute Gasteiger partial charge is 0.257 e. The second-order valence-electron chi connectivity index (χ2n) is 6.98. The second-order valence-corrected chi connectivity index (χ2v) is 6.98. The molecule has 0 aliphatic heterocycles. The van der Waals surface area contributed by atoms with Gasteiger partial charge >= 0.3 is 0 Å². The molecule has 0 aliphatic rings. The van der Waals surface area contributed by atoms with Crippen LogP contribution in [0, 0.1) is 12.7 Å². The van der Waals surface area contributed by atoms with E-state index in [9.17, 15) is 19.1 Å². The van der Waals surface area contributed by atoms with Crippen molar-refractivity contribution in [3.05, 3.63) is 81.8 Å². The number of methoxy groups -OCH3 is 1. The summed E-state index contributed by atoms with van der Waals surface area (Å²) in [6, 6.07) is 12.4. The standard InChI is InChI=1S/C23H24FN3O5/c1-15-20(10-11-28)23(30)27(13-22(29)26-17-5-3-4-16(24)12-17)21(25-15)14-32-19-8-6-18(31-2)7-9-19/h3-9,12,28H,10-11,13-14H2,1-2H3,(H,26,29). The number of aliphatic hydroxyl groups is 1. The molecule has 1 aromatic heterocycles. The number of benzene rings is 2. The minimum atomic E-state index is -0.524. The molecule has 0 atom stereocenters. The van der Waals surface area contributed by atoms with E-state index in [2.05, 4.69) is 10.3 Å². The number of aliphatic hydroxyl groups excluding tert-OH is 1. The fourth-order valence-corrected chi connectivity index (χ4v) is 3.16. The fraction of sp³-hybridized carbons (Fsp3) is 0.261. The third-order valence-corrected chi connectivity index (χ3v) is 4.75. The monoisotopic (exact) mass is 441 g/mol. The predicted molar refractivity (Wildman–Crippen MR) is 116 cm³/mol. The van der Waals surface area contributed by atoms with Crippen molar-refractivity contribution < 1.29 is 23.8 Å². The summed E-state index contributed by atoms with van der Waals surface area (Å²) < 4.78 is 25.5. The van der Waals surface area contributed by atoms with Gasteiger partial charge in [0, 0.05) is 30.0 Å². The Hall–Kier alpha value is -3.72. The van der Waals surface area contributed by atoms with E-state index in [0.29, 0.717) is 22.8 Å². The Bertz CT molecular complexity index is 1150. The number of hydrogen-bond acceptors (Lipinski definition) is 6. The summed E-state index contributed by atoms with van der Waals surface area (Å²) in [6.45, 7) is 1.03. The predicted octanol–water partition coefficient (Wildman–Crippen LogP) is 2.45. The number of halogens is 1. The molecule has 0 fully saturated rings. The number of nitrogens with one attached hydrogen (secondary N) is 1. The summed E-state index contributed by atoms with van der Waals surface area (Å²) in [5, 5.41) is 11.9. The number of nitrogens with zero attached hydrogens (tertiary/aromatic N) is 2. The topological polar surface area (TPSA) is 103 Å². The summed E-state index contributed by atoms with van der Waals surface area (Å²) in [5.41, 5.74) is 0.613. The molecule has 168 valence electrons. The number of rotatable bonds is 9. The van der Waals surface area contributed by atoms with Crippen LogP contribution in [0.1, 0.15) is 17.1 Å². The number of ether oxygens (including phenoxy) is 2. The van der Waals surface area contributed by atoms with Gasteiger partial charge in [0.1, 0.15) is 36.3 Å². The van der Waals surface area contributed by atoms with E-state index in [1.54, 1.807) is 44.4 Å². The lowest BCUT2D eigenvalue weighted by atomic mass is 10.1. The van der Waals surface area contributed by atoms with Crippen LogP contribution in [-0.4, -0.2) is 34.3 Å². The highest BCUT2D eigenvalue weighted by Gasteiger charge is 2.17. The zero-order valence-corrected chi connectivity index (χ0v) is 17.8. The van der Waals surface area contributed by atoms with Crippen molar-refractivity contribution in [2.45, 2.75) is 26.5 Å². The van der Waals surface area contributed by atoms with E-state index in [4.69, 9.17) is 9.47 Å². The largest absolute Gasteiger partial charge is 0.497 e. The Morgan fingerprint density at radius 2 is 1.91 bits per heavy atom. The van der Waals surface area contributed by atoms with Gasteiger partial charge in [-0.2, -0.15) is 0 Å². The second kappa shape index (κ2) is 10.5. The number of carbonyl (C=O) groups is 1. The van der Waals surface area contributed by atoms with Crippen molar-refractivity contribution in [3.63, 3.8) is 0 Å². The van der Waals surface area contributed by atoms with Gasteiger partial charge in [-0.1, -0.05) is 6.07 Å². The first-order valence-electron chi connectivity index (χ1n) is 9.93. The third kappa shape index (κ3) is 5.70. The van der Waals surface area contributed by atoms with Crippen molar-refractivity contribution in [2.24, 2.45) is 0 Å². The molecule has 2 aromatic carbocycles. The highest BCUT2D eigenvalue weighted by molar-refractivity contribution is 5.90. The maximum Gasteiger partial charge on any atom is 0.257 e. The zero-order valence-electron chi connectivity index (χ0n) is 17.8. The molecule has 3 rings (SSSR count). The van der Waals surface area contributed by atoms with Crippen molar-refractivity contribution in [1.29, 1.82) is 0 Å². The molecule has 0 unspecified atom stereocenters. The quantitative estimate of drug-likeness (QED) is 0.529. The Labute approximate surface area is 184 Å². The number of aromatic nitrogens is 2. The van der Waals surface area contributed by atoms with Crippen LogP contribution in [0.15, 0.2) is 53.3 Å². The van der Waals surface area contributed by atoms with Crippen molar-refractivity contribution in [3.8, 4) is 11.5 Å². The van der Waals surface area contributed by atoms with E-state index in [1.165, 1.54) is 22.8 Å². The van der Waals surface area contributed by atoms with E-state index in [-0.39, 0.29) is 37.7 Å². The van der Waals surface area contributed by atoms with Gasteiger partial charge in [-0.3, -0.25) is 14.2 Å². The number of hydrogen-bond donors (Lipinski definition) is 2. The molecule has 0 radical (unpaired) electrons. The van der Waals surface area contributed by atoms with Crippen LogP contribution in [0.2, 0.25) is 0 Å². The van der Waals surface area contributed by atoms with Gasteiger partial charge in [0.05, 0.1) is 7.11 Å². The van der Waals surface area contributed by atoms with E-state index < -0.39 is 17.3 Å². The molecular weight excluding hydrogens is 417 g/mol. The minimum Gasteiger partial charge on any atom is -0.497 e. The van der Waals surface area contributed by atoms with Gasteiger partial charge in [-0.25, -0.2) is 9.37 Å². The maximum atomic E-state index is 13.4. The van der Waals surface area contributed by atoms with Crippen LogP contribution in [0.4, 0.5) is 10.1 Å². The number of aryl methyl sites for hydroxylation is 1. The molecule has 9 heteroatoms. The van der Waals surface area contributed by atoms with E-state index in [1.807, 2.05) is 0 Å². The molecule has 1 heterocycles. The Morgan fingerprint density at radius 3 is 2.56 bits per heavy atom. The summed E-state index contributed by atoms with van der Waals surface area (Å²) in [7, 11) is 1.56. The lowest BCUT2D eigenvalue weighted by molar-refractivity contribution is -0.116. The molecule has 8 nitrogen and oxygen atoms in total. The molecule has 0 saturated heterocycles. The van der Waals surface area contributed by atoms with Crippen LogP contribution in [0.3, 0.4) is 0 Å². The Morgan fingerprint density at radius 1 is 1.19 bits per heavy atom. The molecule has 0 saturated carbocycles. The lowest BCUT2D eigenvalue weighted by Crippen LogP contribution is -2.34. The maximum absolute atomic E-state index is 13.4. The lowest BCUT2D eigenvalue weighted by Gasteiger charge is -2.16. The Balaban J connectivity index is 1.86. The first-order valence-corrected chi connectivity index (χ1v) is 9.93. The fourth-order valence-electron chi connectivity index (χ4n) is 3.16. The van der Waals surface area contributed by atoms with Gasteiger partial charge in [0.2, 0.25) is 5.91 Å². The molecule has 32 heavy (non-hydrogen) atoms. The Kier molecular flexibility index (Phi) is 7.56. The first-order chi connectivity index (χ1) is 15.4. The van der Waals surface area contributed by atoms with Crippen LogP contribution < -0.4 is 20.3 Å². The zero-order chi connectivity index (χ0) is 23.1. The highest BCUT2D eigenvalue weighted by atomic mass is 19.1. The minimum absolute atomic E-state index is 0.0605. The average molecular weight is 441 g/mol. The molecule has 3 aromatic rings. The summed E-state index contributed by atoms with van der Waals surface area (Å²) >= 11 is 0. The third-order valence-electron chi connectivity index (χ3n) is 4.75. The number of amides is 1. The van der Waals surface area contributed by atoms with Crippen molar-refractivity contribution >= 4 is 11.6 Å². The van der Waals surface area contributed by atoms with Crippen molar-refractivity contribution in [1.82, 2.24) is 9.55 Å². The van der Waals surface area contributed by atoms with E-state index >= 15 is 0 Å². The average Bonchev–Trinajstić information content (AvgIpc) is 2.77. The highest BCUT2D eigenvalue weighted by Crippen LogP contribution is 2.18. The van der Waals surface area contributed by atoms with Gasteiger partial charge in [-0.15, -0.1) is 0 Å². The van der Waals surface area contributed by atoms with Gasteiger partial charge in [0.15, 0.2) is 0 Å². The number of carbonyl (C=O) groups excluding carboxylic acids is 1. The van der Waals surface area contributed by atoms with Gasteiger partial charge < -0.3 is 19.9 Å². The molecule has 0 aliphatic carbocycles. The van der Waals surface area contributed by atoms with Crippen LogP contribution >= 0.6 is 0 Å². The van der Waals surface area contributed by atoms with Gasteiger partial charge in [0.25, 0.3) is 5.56 Å². The summed E-state index contributed by atoms with van der Waals surface area (Å²) in [5.74, 6) is 0.442. The van der Waals surface area contributed by atoms with Gasteiger partial charge in [-0.05, 0) is 49.4 Å². The van der Waals surface area contributed by atoms with Crippen LogP contribution in [0.25, 0.3) is 0 Å². The molecule has 0 bridgehead atoms. The normalized spacial score (nSPS) is 10.6. The molecule has 0 spiro atoms. The molecular formula is C23H24FN3O5. The van der Waals surface area contributed by atoms with Crippen LogP contribution in [0.5, 0.6) is 11.5 Å². The number of anilines is 1. The first kappa shape index (κ1) is 23.0.